The lowest BCUT2D eigenvalue weighted by Gasteiger charge is -2.23. The second-order valence-electron chi connectivity index (χ2n) is 7.43. The molecular formula is C20H23N3O3S. The minimum Gasteiger partial charge on any atom is -0.483 e. The van der Waals surface area contributed by atoms with Gasteiger partial charge in [-0.2, -0.15) is 0 Å². The number of nitrogens with one attached hydrogen (secondary N) is 1. The molecule has 3 rings (SSSR count). The van der Waals surface area contributed by atoms with Gasteiger partial charge in [0.15, 0.2) is 6.61 Å². The van der Waals surface area contributed by atoms with Crippen molar-refractivity contribution in [1.82, 2.24) is 14.9 Å². The molecule has 1 amide bonds. The van der Waals surface area contributed by atoms with Crippen LogP contribution in [0.25, 0.3) is 10.2 Å². The summed E-state index contributed by atoms with van der Waals surface area (Å²) in [4.78, 5) is 33.1. The number of carbonyl (C=O) groups is 1. The van der Waals surface area contributed by atoms with Gasteiger partial charge in [-0.05, 0) is 28.5 Å². The van der Waals surface area contributed by atoms with Gasteiger partial charge in [0.1, 0.15) is 16.3 Å². The summed E-state index contributed by atoms with van der Waals surface area (Å²) in [6, 6.07) is 9.53. The molecule has 0 saturated heterocycles. The first kappa shape index (κ1) is 19.1. The SMILES string of the molecule is CN(Cc1nc2ccsc2c(=O)[nH]1)C(=O)COc1ccccc1C(C)(C)C. The van der Waals surface area contributed by atoms with Gasteiger partial charge < -0.3 is 14.6 Å². The normalized spacial score (nSPS) is 11.6. The van der Waals surface area contributed by atoms with E-state index >= 15 is 0 Å². The Balaban J connectivity index is 1.67. The summed E-state index contributed by atoms with van der Waals surface area (Å²) in [5, 5.41) is 1.83. The number of ether oxygens (including phenoxy) is 1. The van der Waals surface area contributed by atoms with Crippen LogP contribution in [0.5, 0.6) is 5.75 Å². The van der Waals surface area contributed by atoms with Crippen molar-refractivity contribution in [3.05, 3.63) is 57.5 Å². The Hall–Kier alpha value is -2.67. The number of nitrogens with zero attached hydrogens (tertiary/aromatic N) is 2. The molecule has 0 fully saturated rings. The Labute approximate surface area is 161 Å². The van der Waals surface area contributed by atoms with E-state index in [4.69, 9.17) is 4.74 Å². The van der Waals surface area contributed by atoms with Crippen LogP contribution in [-0.4, -0.2) is 34.4 Å². The van der Waals surface area contributed by atoms with Gasteiger partial charge in [-0.25, -0.2) is 4.98 Å². The number of amides is 1. The second kappa shape index (κ2) is 7.52. The van der Waals surface area contributed by atoms with E-state index in [-0.39, 0.29) is 30.0 Å². The Bertz CT molecular complexity index is 1020. The third-order valence-electron chi connectivity index (χ3n) is 4.22. The van der Waals surface area contributed by atoms with Crippen molar-refractivity contribution in [2.24, 2.45) is 0 Å². The number of hydrogen-bond donors (Lipinski definition) is 1. The summed E-state index contributed by atoms with van der Waals surface area (Å²) in [5.41, 5.74) is 1.44. The van der Waals surface area contributed by atoms with E-state index in [2.05, 4.69) is 30.7 Å². The number of benzene rings is 1. The average molecular weight is 385 g/mol. The van der Waals surface area contributed by atoms with Crippen LogP contribution >= 0.6 is 11.3 Å². The fraction of sp³-hybridized carbons (Fsp3) is 0.350. The molecule has 7 heteroatoms. The van der Waals surface area contributed by atoms with Crippen molar-refractivity contribution < 1.29 is 9.53 Å². The molecule has 0 bridgehead atoms. The molecule has 0 radical (unpaired) electrons. The minimum absolute atomic E-state index is 0.0749. The van der Waals surface area contributed by atoms with Crippen LogP contribution in [0.4, 0.5) is 0 Å². The first-order valence-electron chi connectivity index (χ1n) is 8.68. The third kappa shape index (κ3) is 4.36. The van der Waals surface area contributed by atoms with Crippen LogP contribution in [0.2, 0.25) is 0 Å². The summed E-state index contributed by atoms with van der Waals surface area (Å²) in [6.07, 6.45) is 0. The second-order valence-corrected chi connectivity index (χ2v) is 8.35. The van der Waals surface area contributed by atoms with Gasteiger partial charge in [-0.3, -0.25) is 9.59 Å². The highest BCUT2D eigenvalue weighted by molar-refractivity contribution is 7.17. The average Bonchev–Trinajstić information content (AvgIpc) is 3.08. The summed E-state index contributed by atoms with van der Waals surface area (Å²) in [7, 11) is 1.67. The van der Waals surface area contributed by atoms with E-state index in [1.807, 2.05) is 29.6 Å². The van der Waals surface area contributed by atoms with Gasteiger partial charge in [0.25, 0.3) is 11.5 Å². The Kier molecular flexibility index (Phi) is 5.32. The zero-order valence-corrected chi connectivity index (χ0v) is 16.7. The maximum Gasteiger partial charge on any atom is 0.268 e. The van der Waals surface area contributed by atoms with Crippen molar-refractivity contribution in [1.29, 1.82) is 0 Å². The van der Waals surface area contributed by atoms with Gasteiger partial charge in [0.2, 0.25) is 0 Å². The number of carbonyl (C=O) groups excluding carboxylic acids is 1. The quantitative estimate of drug-likeness (QED) is 0.731. The zero-order chi connectivity index (χ0) is 19.6. The van der Waals surface area contributed by atoms with Crippen molar-refractivity contribution >= 4 is 27.5 Å². The topological polar surface area (TPSA) is 75.3 Å². The number of hydrogen-bond acceptors (Lipinski definition) is 5. The molecular weight excluding hydrogens is 362 g/mol. The monoisotopic (exact) mass is 385 g/mol. The number of H-pyrrole nitrogens is 1. The summed E-state index contributed by atoms with van der Waals surface area (Å²) < 4.78 is 6.38. The Morgan fingerprint density at radius 1 is 1.26 bits per heavy atom. The summed E-state index contributed by atoms with van der Waals surface area (Å²) >= 11 is 1.35. The highest BCUT2D eigenvalue weighted by Crippen LogP contribution is 2.30. The van der Waals surface area contributed by atoms with Crippen LogP contribution in [-0.2, 0) is 16.8 Å². The molecule has 0 aliphatic carbocycles. The molecule has 0 aliphatic rings. The zero-order valence-electron chi connectivity index (χ0n) is 15.9. The molecule has 0 unspecified atom stereocenters. The third-order valence-corrected chi connectivity index (χ3v) is 5.13. The van der Waals surface area contributed by atoms with Crippen LogP contribution in [0, 0.1) is 0 Å². The predicted molar refractivity (Wildman–Crippen MR) is 107 cm³/mol. The molecule has 142 valence electrons. The first-order valence-corrected chi connectivity index (χ1v) is 9.56. The Morgan fingerprint density at radius 2 is 2.00 bits per heavy atom. The van der Waals surface area contributed by atoms with Crippen molar-refractivity contribution in [3.8, 4) is 5.75 Å². The molecule has 6 nitrogen and oxygen atoms in total. The lowest BCUT2D eigenvalue weighted by molar-refractivity contribution is -0.132. The summed E-state index contributed by atoms with van der Waals surface area (Å²) in [5.74, 6) is 0.974. The highest BCUT2D eigenvalue weighted by atomic mass is 32.1. The number of thiophene rings is 1. The molecule has 2 aromatic heterocycles. The number of fused-ring (bicyclic) bond motifs is 1. The van der Waals surface area contributed by atoms with Crippen LogP contribution < -0.4 is 10.3 Å². The van der Waals surface area contributed by atoms with Crippen LogP contribution in [0.1, 0.15) is 32.2 Å². The smallest absolute Gasteiger partial charge is 0.268 e. The molecule has 2 heterocycles. The highest BCUT2D eigenvalue weighted by Gasteiger charge is 2.20. The number of aromatic nitrogens is 2. The van der Waals surface area contributed by atoms with Gasteiger partial charge in [-0.1, -0.05) is 39.0 Å². The lowest BCUT2D eigenvalue weighted by Crippen LogP contribution is -2.32. The Morgan fingerprint density at radius 3 is 2.74 bits per heavy atom. The van der Waals surface area contributed by atoms with Crippen molar-refractivity contribution in [2.45, 2.75) is 32.7 Å². The fourth-order valence-electron chi connectivity index (χ4n) is 2.77. The first-order chi connectivity index (χ1) is 12.8. The van der Waals surface area contributed by atoms with E-state index < -0.39 is 0 Å². The maximum atomic E-state index is 12.5. The van der Waals surface area contributed by atoms with Crippen LogP contribution in [0.15, 0.2) is 40.5 Å². The van der Waals surface area contributed by atoms with Crippen molar-refractivity contribution in [2.75, 3.05) is 13.7 Å². The van der Waals surface area contributed by atoms with E-state index in [1.54, 1.807) is 13.1 Å². The molecule has 27 heavy (non-hydrogen) atoms. The molecule has 0 aliphatic heterocycles. The number of aromatic amines is 1. The number of para-hydroxylation sites is 1. The standard InChI is InChI=1S/C20H23N3O3S/c1-20(2,3)13-7-5-6-8-15(13)26-12-17(24)23(4)11-16-21-14-9-10-27-18(14)19(25)22-16/h5-10H,11-12H2,1-4H3,(H,21,22,25). The number of rotatable bonds is 5. The van der Waals surface area contributed by atoms with Crippen molar-refractivity contribution in [3.63, 3.8) is 0 Å². The molecule has 0 saturated carbocycles. The molecule has 0 spiro atoms. The van der Waals surface area contributed by atoms with Gasteiger partial charge in [0.05, 0.1) is 12.1 Å². The van der Waals surface area contributed by atoms with Crippen LogP contribution in [0.3, 0.4) is 0 Å². The minimum atomic E-state index is -0.188. The molecule has 1 N–H and O–H groups in total. The molecule has 0 atom stereocenters. The summed E-state index contributed by atoms with van der Waals surface area (Å²) in [6.45, 7) is 6.45. The van der Waals surface area contributed by atoms with E-state index in [1.165, 1.54) is 16.2 Å². The maximum absolute atomic E-state index is 12.5. The van der Waals surface area contributed by atoms with E-state index in [9.17, 15) is 9.59 Å². The van der Waals surface area contributed by atoms with E-state index in [0.29, 0.717) is 21.8 Å². The van der Waals surface area contributed by atoms with E-state index in [0.717, 1.165) is 5.56 Å². The number of likely N-dealkylation sites (N-methyl/N-ethyl adjacent to an activating group) is 1. The van der Waals surface area contributed by atoms with Gasteiger partial charge in [-0.15, -0.1) is 11.3 Å². The van der Waals surface area contributed by atoms with Gasteiger partial charge in [0, 0.05) is 7.05 Å². The molecule has 1 aromatic carbocycles. The lowest BCUT2D eigenvalue weighted by atomic mass is 9.86. The largest absolute Gasteiger partial charge is 0.483 e. The predicted octanol–water partition coefficient (Wildman–Crippen LogP) is 3.32. The van der Waals surface area contributed by atoms with Gasteiger partial charge >= 0.3 is 0 Å². The fourth-order valence-corrected chi connectivity index (χ4v) is 3.50. The molecule has 3 aromatic rings.